The number of carbonyl (C=O) groups excluding carboxylic acids is 1. The smallest absolute Gasteiger partial charge is 0.243 e. The minimum atomic E-state index is -3.94. The average molecular weight is 473 g/mol. The van der Waals surface area contributed by atoms with Gasteiger partial charge in [-0.25, -0.2) is 8.42 Å². The van der Waals surface area contributed by atoms with Crippen molar-refractivity contribution < 1.29 is 17.9 Å². The van der Waals surface area contributed by atoms with Crippen molar-refractivity contribution in [3.8, 4) is 5.75 Å². The van der Waals surface area contributed by atoms with Crippen LogP contribution in [0.1, 0.15) is 24.1 Å². The lowest BCUT2D eigenvalue weighted by atomic mass is 10.1. The molecule has 0 aliphatic heterocycles. The Hall–Kier alpha value is -2.87. The summed E-state index contributed by atoms with van der Waals surface area (Å²) in [7, 11) is -2.37. The number of halogens is 1. The van der Waals surface area contributed by atoms with Crippen molar-refractivity contribution in [2.24, 2.45) is 0 Å². The van der Waals surface area contributed by atoms with E-state index in [1.54, 1.807) is 7.11 Å². The molecule has 0 saturated heterocycles. The third kappa shape index (κ3) is 5.88. The second-order valence-electron chi connectivity index (χ2n) is 7.24. The first kappa shape index (κ1) is 23.8. The molecule has 0 fully saturated rings. The van der Waals surface area contributed by atoms with Crippen LogP contribution in [-0.2, 0) is 21.4 Å². The molecule has 1 atom stereocenters. The van der Waals surface area contributed by atoms with E-state index in [0.717, 1.165) is 15.4 Å². The van der Waals surface area contributed by atoms with Gasteiger partial charge in [0.15, 0.2) is 0 Å². The molecule has 1 amide bonds. The van der Waals surface area contributed by atoms with Crippen LogP contribution in [-0.4, -0.2) is 32.3 Å². The van der Waals surface area contributed by atoms with Crippen molar-refractivity contribution in [3.63, 3.8) is 0 Å². The summed E-state index contributed by atoms with van der Waals surface area (Å²) in [5, 5.41) is 3.31. The van der Waals surface area contributed by atoms with Crippen LogP contribution in [0.25, 0.3) is 0 Å². The normalized spacial score (nSPS) is 12.4. The van der Waals surface area contributed by atoms with Crippen LogP contribution in [0.2, 0.25) is 5.02 Å². The predicted octanol–water partition coefficient (Wildman–Crippen LogP) is 4.42. The molecule has 32 heavy (non-hydrogen) atoms. The molecule has 0 spiro atoms. The summed E-state index contributed by atoms with van der Waals surface area (Å²) in [5.41, 5.74) is 1.58. The first-order valence-electron chi connectivity index (χ1n) is 10.0. The third-order valence-corrected chi connectivity index (χ3v) is 7.01. The van der Waals surface area contributed by atoms with Crippen LogP contribution in [0, 0.1) is 0 Å². The number of hydrogen-bond donors (Lipinski definition) is 1. The maximum Gasteiger partial charge on any atom is 0.243 e. The Kier molecular flexibility index (Phi) is 7.90. The number of methoxy groups -OCH3 is 1. The Labute approximate surface area is 193 Å². The van der Waals surface area contributed by atoms with E-state index in [9.17, 15) is 13.2 Å². The minimum Gasteiger partial charge on any atom is -0.496 e. The Morgan fingerprint density at radius 2 is 1.62 bits per heavy atom. The van der Waals surface area contributed by atoms with E-state index >= 15 is 0 Å². The molecular weight excluding hydrogens is 448 g/mol. The van der Waals surface area contributed by atoms with Gasteiger partial charge in [-0.05, 0) is 42.8 Å². The van der Waals surface area contributed by atoms with Gasteiger partial charge < -0.3 is 10.1 Å². The number of nitrogens with zero attached hydrogens (tertiary/aromatic N) is 1. The summed E-state index contributed by atoms with van der Waals surface area (Å²) in [6, 6.07) is 22.0. The van der Waals surface area contributed by atoms with Gasteiger partial charge in [0.05, 0.1) is 24.6 Å². The summed E-state index contributed by atoms with van der Waals surface area (Å²) < 4.78 is 33.2. The van der Waals surface area contributed by atoms with E-state index in [0.29, 0.717) is 10.8 Å². The fraction of sp³-hybridized carbons (Fsp3) is 0.208. The molecule has 8 heteroatoms. The molecule has 0 radical (unpaired) electrons. The number of sulfonamides is 1. The van der Waals surface area contributed by atoms with Gasteiger partial charge in [0.25, 0.3) is 0 Å². The summed E-state index contributed by atoms with van der Waals surface area (Å²) in [5.74, 6) is 0.229. The fourth-order valence-corrected chi connectivity index (χ4v) is 4.83. The second kappa shape index (κ2) is 10.6. The molecule has 1 N–H and O–H groups in total. The van der Waals surface area contributed by atoms with Crippen molar-refractivity contribution in [1.82, 2.24) is 9.62 Å². The first-order chi connectivity index (χ1) is 15.3. The number of rotatable bonds is 9. The van der Waals surface area contributed by atoms with Crippen LogP contribution in [0.15, 0.2) is 83.8 Å². The molecule has 0 heterocycles. The van der Waals surface area contributed by atoms with E-state index in [1.165, 1.54) is 24.3 Å². The van der Waals surface area contributed by atoms with Gasteiger partial charge in [-0.2, -0.15) is 4.31 Å². The lowest BCUT2D eigenvalue weighted by molar-refractivity contribution is -0.122. The molecule has 1 unspecified atom stereocenters. The highest BCUT2D eigenvalue weighted by Crippen LogP contribution is 2.25. The van der Waals surface area contributed by atoms with Crippen molar-refractivity contribution in [3.05, 3.63) is 95.0 Å². The monoisotopic (exact) mass is 472 g/mol. The molecule has 0 saturated carbocycles. The maximum atomic E-state index is 13.3. The average Bonchev–Trinajstić information content (AvgIpc) is 2.79. The van der Waals surface area contributed by atoms with Crippen LogP contribution < -0.4 is 10.1 Å². The Bertz CT molecular complexity index is 1150. The number of amides is 1. The number of ether oxygens (including phenoxy) is 1. The van der Waals surface area contributed by atoms with Crippen LogP contribution in [0.4, 0.5) is 0 Å². The topological polar surface area (TPSA) is 75.7 Å². The Morgan fingerprint density at radius 1 is 1.00 bits per heavy atom. The van der Waals surface area contributed by atoms with Crippen LogP contribution >= 0.6 is 11.6 Å². The Morgan fingerprint density at radius 3 is 2.28 bits per heavy atom. The minimum absolute atomic E-state index is 0.0578. The van der Waals surface area contributed by atoms with Gasteiger partial charge in [-0.3, -0.25) is 4.79 Å². The van der Waals surface area contributed by atoms with E-state index in [4.69, 9.17) is 16.3 Å². The van der Waals surface area contributed by atoms with Crippen molar-refractivity contribution in [2.75, 3.05) is 13.7 Å². The number of carbonyl (C=O) groups is 1. The van der Waals surface area contributed by atoms with E-state index in [2.05, 4.69) is 5.32 Å². The van der Waals surface area contributed by atoms with Crippen molar-refractivity contribution in [2.45, 2.75) is 24.4 Å². The lowest BCUT2D eigenvalue weighted by Crippen LogP contribution is -2.41. The van der Waals surface area contributed by atoms with E-state index in [-0.39, 0.29) is 24.0 Å². The van der Waals surface area contributed by atoms with Gasteiger partial charge in [-0.15, -0.1) is 0 Å². The standard InChI is InChI=1S/C24H25ClN2O4S/c1-18(22-10-6-7-11-23(22)31-2)26-24(28)17-27(16-19-8-4-3-5-9-19)32(29,30)21-14-12-20(25)13-15-21/h3-15,18H,16-17H2,1-2H3,(H,26,28). The number of para-hydroxylation sites is 1. The fourth-order valence-electron chi connectivity index (χ4n) is 3.32. The molecule has 168 valence electrons. The SMILES string of the molecule is COc1ccccc1C(C)NC(=O)CN(Cc1ccccc1)S(=O)(=O)c1ccc(Cl)cc1. The Balaban J connectivity index is 1.83. The number of hydrogen-bond acceptors (Lipinski definition) is 4. The molecule has 3 rings (SSSR count). The molecule has 3 aromatic carbocycles. The van der Waals surface area contributed by atoms with Crippen LogP contribution in [0.3, 0.4) is 0 Å². The van der Waals surface area contributed by atoms with Gasteiger partial charge >= 0.3 is 0 Å². The lowest BCUT2D eigenvalue weighted by Gasteiger charge is -2.24. The molecule has 0 aliphatic carbocycles. The third-order valence-electron chi connectivity index (χ3n) is 4.96. The zero-order chi connectivity index (χ0) is 23.1. The molecular formula is C24H25ClN2O4S. The number of benzene rings is 3. The zero-order valence-electron chi connectivity index (χ0n) is 17.9. The van der Waals surface area contributed by atoms with Gasteiger partial charge in [0.1, 0.15) is 5.75 Å². The van der Waals surface area contributed by atoms with Crippen molar-refractivity contribution >= 4 is 27.5 Å². The summed E-state index contributed by atoms with van der Waals surface area (Å²) in [6.07, 6.45) is 0. The molecule has 0 aromatic heterocycles. The molecule has 6 nitrogen and oxygen atoms in total. The molecule has 3 aromatic rings. The molecule has 0 aliphatic rings. The van der Waals surface area contributed by atoms with Crippen molar-refractivity contribution in [1.29, 1.82) is 0 Å². The van der Waals surface area contributed by atoms with Gasteiger partial charge in [0, 0.05) is 17.1 Å². The quantitative estimate of drug-likeness (QED) is 0.500. The summed E-state index contributed by atoms with van der Waals surface area (Å²) >= 11 is 5.91. The predicted molar refractivity (Wildman–Crippen MR) is 125 cm³/mol. The van der Waals surface area contributed by atoms with E-state index < -0.39 is 15.9 Å². The zero-order valence-corrected chi connectivity index (χ0v) is 19.4. The highest BCUT2D eigenvalue weighted by Gasteiger charge is 2.27. The highest BCUT2D eigenvalue weighted by molar-refractivity contribution is 7.89. The van der Waals surface area contributed by atoms with Crippen LogP contribution in [0.5, 0.6) is 5.75 Å². The summed E-state index contributed by atoms with van der Waals surface area (Å²) in [6.45, 7) is 1.55. The highest BCUT2D eigenvalue weighted by atomic mass is 35.5. The first-order valence-corrected chi connectivity index (χ1v) is 11.8. The maximum absolute atomic E-state index is 13.3. The second-order valence-corrected chi connectivity index (χ2v) is 9.62. The van der Waals surface area contributed by atoms with E-state index in [1.807, 2.05) is 61.5 Å². The van der Waals surface area contributed by atoms with Gasteiger partial charge in [0.2, 0.25) is 15.9 Å². The summed E-state index contributed by atoms with van der Waals surface area (Å²) in [4.78, 5) is 13.0. The van der Waals surface area contributed by atoms with Gasteiger partial charge in [-0.1, -0.05) is 60.1 Å². The molecule has 0 bridgehead atoms. The largest absolute Gasteiger partial charge is 0.496 e. The number of nitrogens with one attached hydrogen (secondary N) is 1.